The summed E-state index contributed by atoms with van der Waals surface area (Å²) in [4.78, 5) is 4.28. The van der Waals surface area contributed by atoms with Crippen LogP contribution < -0.4 is 0 Å². The maximum absolute atomic E-state index is 4.28. The minimum Gasteiger partial charge on any atom is -0.307 e. The average molecular weight is 162 g/mol. The molecular weight excluding hydrogens is 148 g/mol. The molecule has 1 heterocycles. The molecule has 0 N–H and O–H groups in total. The molecule has 0 atom stereocenters. The highest BCUT2D eigenvalue weighted by molar-refractivity contribution is 5.43. The van der Waals surface area contributed by atoms with Gasteiger partial charge in [-0.05, 0) is 19.4 Å². The van der Waals surface area contributed by atoms with Gasteiger partial charge < -0.3 is 4.57 Å². The number of hydrogen-bond donors (Lipinski definition) is 0. The lowest BCUT2D eigenvalue weighted by Crippen LogP contribution is -1.86. The monoisotopic (exact) mass is 162 g/mol. The topological polar surface area (TPSA) is 17.8 Å². The van der Waals surface area contributed by atoms with Crippen LogP contribution in [0.2, 0.25) is 0 Å². The van der Waals surface area contributed by atoms with Crippen LogP contribution in [-0.4, -0.2) is 9.55 Å². The Labute approximate surface area is 73.2 Å². The second-order valence-corrected chi connectivity index (χ2v) is 2.64. The fraction of sp³-hybridized carbons (Fsp3) is 0.300. The first kappa shape index (κ1) is 8.78. The molecule has 1 aromatic heterocycles. The van der Waals surface area contributed by atoms with Crippen molar-refractivity contribution in [1.29, 1.82) is 0 Å². The van der Waals surface area contributed by atoms with Gasteiger partial charge in [-0.3, -0.25) is 0 Å². The SMILES string of the molecule is C=Cc1nc(C)cn1/C=C\CC. The van der Waals surface area contributed by atoms with Crippen molar-refractivity contribution in [2.45, 2.75) is 20.3 Å². The Morgan fingerprint density at radius 3 is 3.00 bits per heavy atom. The number of aryl methyl sites for hydroxylation is 1. The van der Waals surface area contributed by atoms with E-state index in [4.69, 9.17) is 0 Å². The minimum absolute atomic E-state index is 0.900. The number of hydrogen-bond acceptors (Lipinski definition) is 1. The zero-order valence-corrected chi connectivity index (χ0v) is 7.62. The highest BCUT2D eigenvalue weighted by Crippen LogP contribution is 2.04. The van der Waals surface area contributed by atoms with E-state index in [2.05, 4.69) is 24.6 Å². The van der Waals surface area contributed by atoms with Crippen LogP contribution in [0.15, 0.2) is 18.9 Å². The Hall–Kier alpha value is -1.31. The van der Waals surface area contributed by atoms with Crippen LogP contribution >= 0.6 is 0 Å². The van der Waals surface area contributed by atoms with Gasteiger partial charge in [-0.15, -0.1) is 0 Å². The Balaban J connectivity index is 2.96. The normalized spacial score (nSPS) is 10.8. The summed E-state index contributed by atoms with van der Waals surface area (Å²) < 4.78 is 1.98. The summed E-state index contributed by atoms with van der Waals surface area (Å²) in [5.41, 5.74) is 1.02. The second kappa shape index (κ2) is 3.90. The Kier molecular flexibility index (Phi) is 2.86. The first-order valence-electron chi connectivity index (χ1n) is 4.12. The second-order valence-electron chi connectivity index (χ2n) is 2.64. The van der Waals surface area contributed by atoms with Crippen LogP contribution in [0.5, 0.6) is 0 Å². The van der Waals surface area contributed by atoms with Gasteiger partial charge in [-0.2, -0.15) is 0 Å². The number of aromatic nitrogens is 2. The molecule has 2 nitrogen and oxygen atoms in total. The van der Waals surface area contributed by atoms with E-state index >= 15 is 0 Å². The van der Waals surface area contributed by atoms with Crippen molar-refractivity contribution in [2.24, 2.45) is 0 Å². The number of imidazole rings is 1. The molecule has 1 rings (SSSR count). The van der Waals surface area contributed by atoms with E-state index in [1.807, 2.05) is 23.9 Å². The standard InChI is InChI=1S/C10H14N2/c1-4-6-7-12-8-9(3)11-10(12)5-2/h5-8H,2,4H2,1,3H3/b7-6-. The first-order valence-corrected chi connectivity index (χ1v) is 4.12. The molecule has 1 aromatic rings. The van der Waals surface area contributed by atoms with Crippen molar-refractivity contribution >= 4 is 12.3 Å². The van der Waals surface area contributed by atoms with Gasteiger partial charge in [0.25, 0.3) is 0 Å². The Morgan fingerprint density at radius 1 is 1.67 bits per heavy atom. The molecule has 0 bridgehead atoms. The fourth-order valence-corrected chi connectivity index (χ4v) is 1.02. The third kappa shape index (κ3) is 1.84. The largest absolute Gasteiger partial charge is 0.307 e. The van der Waals surface area contributed by atoms with Gasteiger partial charge in [0.05, 0.1) is 5.69 Å². The van der Waals surface area contributed by atoms with Gasteiger partial charge >= 0.3 is 0 Å². The van der Waals surface area contributed by atoms with Crippen LogP contribution in [0.3, 0.4) is 0 Å². The van der Waals surface area contributed by atoms with E-state index in [0.29, 0.717) is 0 Å². The molecule has 0 saturated heterocycles. The average Bonchev–Trinajstić information content (AvgIpc) is 2.42. The maximum atomic E-state index is 4.28. The fourth-order valence-electron chi connectivity index (χ4n) is 1.02. The summed E-state index contributed by atoms with van der Waals surface area (Å²) in [6.45, 7) is 7.78. The van der Waals surface area contributed by atoms with Crippen molar-refractivity contribution in [2.75, 3.05) is 0 Å². The van der Waals surface area contributed by atoms with Gasteiger partial charge in [0.1, 0.15) is 5.82 Å². The van der Waals surface area contributed by atoms with Gasteiger partial charge in [0.15, 0.2) is 0 Å². The number of nitrogens with zero attached hydrogens (tertiary/aromatic N) is 2. The molecule has 12 heavy (non-hydrogen) atoms. The maximum Gasteiger partial charge on any atom is 0.136 e. The van der Waals surface area contributed by atoms with E-state index < -0.39 is 0 Å². The van der Waals surface area contributed by atoms with E-state index in [1.54, 1.807) is 6.08 Å². The lowest BCUT2D eigenvalue weighted by molar-refractivity contribution is 1.09. The predicted molar refractivity (Wildman–Crippen MR) is 52.7 cm³/mol. The third-order valence-corrected chi connectivity index (χ3v) is 1.57. The van der Waals surface area contributed by atoms with E-state index in [9.17, 15) is 0 Å². The summed E-state index contributed by atoms with van der Waals surface area (Å²) in [6, 6.07) is 0. The van der Waals surface area contributed by atoms with Gasteiger partial charge in [-0.1, -0.05) is 19.6 Å². The number of rotatable bonds is 3. The summed E-state index contributed by atoms with van der Waals surface area (Å²) in [5, 5.41) is 0. The van der Waals surface area contributed by atoms with Crippen molar-refractivity contribution in [3.05, 3.63) is 30.4 Å². The summed E-state index contributed by atoms with van der Waals surface area (Å²) in [5.74, 6) is 0.900. The van der Waals surface area contributed by atoms with E-state index in [0.717, 1.165) is 17.9 Å². The number of allylic oxidation sites excluding steroid dienone is 1. The molecule has 0 unspecified atom stereocenters. The molecular formula is C10H14N2. The van der Waals surface area contributed by atoms with Crippen LogP contribution in [0.4, 0.5) is 0 Å². The van der Waals surface area contributed by atoms with Gasteiger partial charge in [-0.25, -0.2) is 4.98 Å². The zero-order chi connectivity index (χ0) is 8.97. The Morgan fingerprint density at radius 2 is 2.42 bits per heavy atom. The van der Waals surface area contributed by atoms with Crippen molar-refractivity contribution < 1.29 is 0 Å². The van der Waals surface area contributed by atoms with Crippen LogP contribution in [-0.2, 0) is 0 Å². The predicted octanol–water partition coefficient (Wildman–Crippen LogP) is 2.72. The lowest BCUT2D eigenvalue weighted by atomic mass is 10.4. The molecule has 0 saturated carbocycles. The molecule has 0 spiro atoms. The molecule has 0 fully saturated rings. The highest BCUT2D eigenvalue weighted by atomic mass is 15.0. The van der Waals surface area contributed by atoms with Crippen molar-refractivity contribution in [3.63, 3.8) is 0 Å². The van der Waals surface area contributed by atoms with Crippen molar-refractivity contribution in [3.8, 4) is 0 Å². The van der Waals surface area contributed by atoms with Crippen LogP contribution in [0, 0.1) is 6.92 Å². The smallest absolute Gasteiger partial charge is 0.136 e. The summed E-state index contributed by atoms with van der Waals surface area (Å²) in [7, 11) is 0. The van der Waals surface area contributed by atoms with E-state index in [1.165, 1.54) is 0 Å². The zero-order valence-electron chi connectivity index (χ0n) is 7.62. The molecule has 0 aliphatic carbocycles. The molecule has 64 valence electrons. The summed E-state index contributed by atoms with van der Waals surface area (Å²) >= 11 is 0. The minimum atomic E-state index is 0.900. The molecule has 0 aromatic carbocycles. The molecule has 0 aliphatic rings. The van der Waals surface area contributed by atoms with Gasteiger partial charge in [0.2, 0.25) is 0 Å². The first-order chi connectivity index (χ1) is 5.77. The lowest BCUT2D eigenvalue weighted by Gasteiger charge is -1.94. The van der Waals surface area contributed by atoms with E-state index in [-0.39, 0.29) is 0 Å². The molecule has 2 heteroatoms. The highest BCUT2D eigenvalue weighted by Gasteiger charge is 1.96. The van der Waals surface area contributed by atoms with Gasteiger partial charge in [0, 0.05) is 12.4 Å². The summed E-state index contributed by atoms with van der Waals surface area (Å²) in [6.07, 6.45) is 8.88. The van der Waals surface area contributed by atoms with Crippen LogP contribution in [0.1, 0.15) is 24.9 Å². The Bertz CT molecular complexity index is 295. The molecule has 0 aliphatic heterocycles. The molecule has 0 radical (unpaired) electrons. The van der Waals surface area contributed by atoms with Crippen molar-refractivity contribution in [1.82, 2.24) is 9.55 Å². The van der Waals surface area contributed by atoms with Crippen LogP contribution in [0.25, 0.3) is 12.3 Å². The quantitative estimate of drug-likeness (QED) is 0.668. The molecule has 0 amide bonds. The third-order valence-electron chi connectivity index (χ3n) is 1.57.